The molecule has 25 heavy (non-hydrogen) atoms. The van der Waals surface area contributed by atoms with Gasteiger partial charge >= 0.3 is 11.3 Å². The van der Waals surface area contributed by atoms with Crippen molar-refractivity contribution in [3.05, 3.63) is 41.8 Å². The number of ether oxygens (including phenoxy) is 1. The Kier molecular flexibility index (Phi) is 5.46. The van der Waals surface area contributed by atoms with Crippen molar-refractivity contribution < 1.29 is 22.4 Å². The maximum absolute atomic E-state index is 12.1. The van der Waals surface area contributed by atoms with E-state index >= 15 is 0 Å². The lowest BCUT2D eigenvalue weighted by atomic mass is 10.1. The van der Waals surface area contributed by atoms with Crippen LogP contribution in [0.3, 0.4) is 0 Å². The number of sulfone groups is 1. The predicted octanol–water partition coefficient (Wildman–Crippen LogP) is 2.28. The Morgan fingerprint density at radius 3 is 2.40 bits per heavy atom. The third kappa shape index (κ3) is 5.86. The van der Waals surface area contributed by atoms with Crippen molar-refractivity contribution in [2.45, 2.75) is 44.1 Å². The van der Waals surface area contributed by atoms with Crippen LogP contribution in [0.4, 0.5) is 4.79 Å². The highest BCUT2D eigenvalue weighted by molar-refractivity contribution is 7.90. The van der Waals surface area contributed by atoms with Gasteiger partial charge in [-0.3, -0.25) is 0 Å². The minimum absolute atomic E-state index is 0.00450. The number of carbonyl (C=O) groups is 1. The molecule has 0 saturated heterocycles. The molecule has 2 rings (SSSR count). The van der Waals surface area contributed by atoms with Gasteiger partial charge in [0.15, 0.2) is 0 Å². The largest absolute Gasteiger partial charge is 0.444 e. The fraction of sp³-hybridized carbons (Fsp3) is 0.438. The smallest absolute Gasteiger partial charge is 0.408 e. The van der Waals surface area contributed by atoms with E-state index in [0.29, 0.717) is 6.42 Å². The molecule has 1 amide bonds. The van der Waals surface area contributed by atoms with Crippen LogP contribution in [0.15, 0.2) is 40.0 Å². The van der Waals surface area contributed by atoms with Gasteiger partial charge in [0, 0.05) is 12.7 Å². The van der Waals surface area contributed by atoms with Crippen molar-refractivity contribution in [1.82, 2.24) is 15.5 Å². The molecule has 0 unspecified atom stereocenters. The number of nitrogens with zero attached hydrogens (tertiary/aromatic N) is 2. The Hall–Kier alpha value is -2.42. The van der Waals surface area contributed by atoms with E-state index in [4.69, 9.17) is 9.15 Å². The van der Waals surface area contributed by atoms with Crippen LogP contribution in [0.2, 0.25) is 0 Å². The number of hydrogen-bond donors (Lipinski definition) is 1. The van der Waals surface area contributed by atoms with Crippen LogP contribution in [0.25, 0.3) is 0 Å². The molecule has 1 atom stereocenters. The van der Waals surface area contributed by atoms with E-state index < -0.39 is 32.8 Å². The first-order valence-corrected chi connectivity index (χ1v) is 9.50. The molecule has 0 fully saturated rings. The summed E-state index contributed by atoms with van der Waals surface area (Å²) in [6, 6.07) is 8.61. The fourth-order valence-corrected chi connectivity index (χ4v) is 2.44. The van der Waals surface area contributed by atoms with Gasteiger partial charge < -0.3 is 14.5 Å². The highest BCUT2D eigenvalue weighted by Crippen LogP contribution is 2.20. The lowest BCUT2D eigenvalue weighted by molar-refractivity contribution is 0.0494. The van der Waals surface area contributed by atoms with Gasteiger partial charge in [0.05, 0.1) is 0 Å². The average molecular weight is 367 g/mol. The highest BCUT2D eigenvalue weighted by Gasteiger charge is 2.26. The molecule has 0 aliphatic heterocycles. The lowest BCUT2D eigenvalue weighted by Crippen LogP contribution is -2.36. The first-order chi connectivity index (χ1) is 11.5. The van der Waals surface area contributed by atoms with Crippen LogP contribution in [0, 0.1) is 0 Å². The molecule has 0 radical (unpaired) electrons. The van der Waals surface area contributed by atoms with E-state index in [0.717, 1.165) is 11.8 Å². The Balaban J connectivity index is 2.25. The van der Waals surface area contributed by atoms with Crippen LogP contribution in [0.5, 0.6) is 0 Å². The molecule has 1 N–H and O–H groups in total. The van der Waals surface area contributed by atoms with Gasteiger partial charge in [-0.05, 0) is 26.3 Å². The lowest BCUT2D eigenvalue weighted by Gasteiger charge is -2.22. The fourth-order valence-electron chi connectivity index (χ4n) is 2.01. The molecule has 9 heteroatoms. The zero-order chi connectivity index (χ0) is 18.7. The molecule has 0 aliphatic rings. The van der Waals surface area contributed by atoms with Crippen molar-refractivity contribution in [1.29, 1.82) is 0 Å². The SMILES string of the molecule is CC(C)(C)OC(=O)N[C@H](Cc1ccccc1)c1nnc(S(C)(=O)=O)o1. The van der Waals surface area contributed by atoms with Gasteiger partial charge in [-0.25, -0.2) is 13.2 Å². The second-order valence-electron chi connectivity index (χ2n) is 6.57. The van der Waals surface area contributed by atoms with Crippen LogP contribution in [-0.4, -0.2) is 36.6 Å². The maximum Gasteiger partial charge on any atom is 0.408 e. The summed E-state index contributed by atoms with van der Waals surface area (Å²) in [6.45, 7) is 5.23. The predicted molar refractivity (Wildman–Crippen MR) is 89.7 cm³/mol. The van der Waals surface area contributed by atoms with Crippen LogP contribution >= 0.6 is 0 Å². The monoisotopic (exact) mass is 367 g/mol. The molecular weight excluding hydrogens is 346 g/mol. The third-order valence-corrected chi connectivity index (χ3v) is 3.81. The van der Waals surface area contributed by atoms with E-state index in [-0.39, 0.29) is 5.89 Å². The summed E-state index contributed by atoms with van der Waals surface area (Å²) < 4.78 is 33.5. The summed E-state index contributed by atoms with van der Waals surface area (Å²) in [5, 5.41) is 9.45. The van der Waals surface area contributed by atoms with E-state index in [1.807, 2.05) is 30.3 Å². The number of benzene rings is 1. The summed E-state index contributed by atoms with van der Waals surface area (Å²) >= 11 is 0. The van der Waals surface area contributed by atoms with Gasteiger partial charge in [-0.1, -0.05) is 35.4 Å². The summed E-state index contributed by atoms with van der Waals surface area (Å²) in [6.07, 6.45) is 0.649. The number of alkyl carbamates (subject to hydrolysis) is 1. The second-order valence-corrected chi connectivity index (χ2v) is 8.46. The topological polar surface area (TPSA) is 111 Å². The second kappa shape index (κ2) is 7.22. The Morgan fingerprint density at radius 1 is 1.24 bits per heavy atom. The number of carbonyl (C=O) groups excluding carboxylic acids is 1. The molecule has 0 bridgehead atoms. The quantitative estimate of drug-likeness (QED) is 0.863. The number of nitrogens with one attached hydrogen (secondary N) is 1. The first kappa shape index (κ1) is 18.9. The third-order valence-electron chi connectivity index (χ3n) is 3.01. The molecule has 1 heterocycles. The van der Waals surface area contributed by atoms with Crippen LogP contribution < -0.4 is 5.32 Å². The van der Waals surface area contributed by atoms with Gasteiger partial charge in [-0.2, -0.15) is 0 Å². The van der Waals surface area contributed by atoms with Crippen molar-refractivity contribution in [3.63, 3.8) is 0 Å². The molecular formula is C16H21N3O5S. The van der Waals surface area contributed by atoms with E-state index in [1.54, 1.807) is 20.8 Å². The zero-order valence-corrected chi connectivity index (χ0v) is 15.3. The normalized spacial score (nSPS) is 13.3. The average Bonchev–Trinajstić information content (AvgIpc) is 2.95. The van der Waals surface area contributed by atoms with Crippen LogP contribution in [0.1, 0.15) is 38.3 Å². The minimum Gasteiger partial charge on any atom is -0.444 e. The van der Waals surface area contributed by atoms with Gasteiger partial charge in [0.2, 0.25) is 15.7 Å². The van der Waals surface area contributed by atoms with Crippen molar-refractivity contribution in [2.24, 2.45) is 0 Å². The summed E-state index contributed by atoms with van der Waals surface area (Å²) in [7, 11) is -3.63. The molecule has 0 saturated carbocycles. The van der Waals surface area contributed by atoms with E-state index in [1.165, 1.54) is 0 Å². The number of amides is 1. The number of aromatic nitrogens is 2. The molecule has 1 aromatic carbocycles. The standard InChI is InChI=1S/C16H21N3O5S/c1-16(2,3)24-14(20)17-12(10-11-8-6-5-7-9-11)13-18-19-15(23-13)25(4,21)22/h5-9,12H,10H2,1-4H3,(H,17,20)/t12-/m1/s1. The molecule has 0 aliphatic carbocycles. The Bertz CT molecular complexity index is 825. The summed E-state index contributed by atoms with van der Waals surface area (Å²) in [5.74, 6) is -0.00450. The molecule has 8 nitrogen and oxygen atoms in total. The molecule has 2 aromatic rings. The zero-order valence-electron chi connectivity index (χ0n) is 14.5. The minimum atomic E-state index is -3.63. The van der Waals surface area contributed by atoms with Crippen molar-refractivity contribution in [2.75, 3.05) is 6.26 Å². The molecule has 0 spiro atoms. The Labute approximate surface area is 146 Å². The Morgan fingerprint density at radius 2 is 1.88 bits per heavy atom. The van der Waals surface area contributed by atoms with E-state index in [2.05, 4.69) is 15.5 Å². The van der Waals surface area contributed by atoms with Gasteiger partial charge in [0.1, 0.15) is 11.6 Å². The number of hydrogen-bond acceptors (Lipinski definition) is 7. The van der Waals surface area contributed by atoms with Crippen molar-refractivity contribution >= 4 is 15.9 Å². The van der Waals surface area contributed by atoms with Crippen molar-refractivity contribution in [3.8, 4) is 0 Å². The maximum atomic E-state index is 12.1. The summed E-state index contributed by atoms with van der Waals surface area (Å²) in [5.41, 5.74) is 0.233. The number of rotatable bonds is 5. The first-order valence-electron chi connectivity index (χ1n) is 7.61. The van der Waals surface area contributed by atoms with Gasteiger partial charge in [0.25, 0.3) is 0 Å². The van der Waals surface area contributed by atoms with Gasteiger partial charge in [-0.15, -0.1) is 5.10 Å². The highest BCUT2D eigenvalue weighted by atomic mass is 32.2. The molecule has 136 valence electrons. The molecule has 1 aromatic heterocycles. The van der Waals surface area contributed by atoms with E-state index in [9.17, 15) is 13.2 Å². The summed E-state index contributed by atoms with van der Waals surface area (Å²) in [4.78, 5) is 12.1. The van der Waals surface area contributed by atoms with Crippen LogP contribution in [-0.2, 0) is 21.0 Å².